The number of nitrogens with one attached hydrogen (secondary N) is 1. The Balaban J connectivity index is 1.80. The van der Waals surface area contributed by atoms with Gasteiger partial charge in [-0.2, -0.15) is 0 Å². The van der Waals surface area contributed by atoms with Gasteiger partial charge in [-0.25, -0.2) is 17.5 Å². The first kappa shape index (κ1) is 20.5. The minimum absolute atomic E-state index is 0.00291. The summed E-state index contributed by atoms with van der Waals surface area (Å²) >= 11 is 3.53. The van der Waals surface area contributed by atoms with Gasteiger partial charge in [0.25, 0.3) is 0 Å². The Bertz CT molecular complexity index is 1110. The summed E-state index contributed by atoms with van der Waals surface area (Å²) in [5.41, 5.74) is 1.77. The largest absolute Gasteiger partial charge is 0.481 e. The lowest BCUT2D eigenvalue weighted by molar-refractivity contribution is -0.137. The van der Waals surface area contributed by atoms with Crippen molar-refractivity contribution in [3.63, 3.8) is 0 Å². The van der Waals surface area contributed by atoms with Crippen molar-refractivity contribution < 1.29 is 22.7 Å². The molecule has 0 spiro atoms. The van der Waals surface area contributed by atoms with Crippen LogP contribution in [0, 0.1) is 5.82 Å². The van der Waals surface area contributed by atoms with Gasteiger partial charge in [0.2, 0.25) is 10.0 Å². The van der Waals surface area contributed by atoms with Gasteiger partial charge in [-0.3, -0.25) is 4.79 Å². The van der Waals surface area contributed by atoms with Crippen molar-refractivity contribution in [2.45, 2.75) is 24.3 Å². The molecule has 0 aliphatic carbocycles. The van der Waals surface area contributed by atoms with E-state index in [1.807, 2.05) is 28.8 Å². The number of halogens is 2. The van der Waals surface area contributed by atoms with E-state index in [9.17, 15) is 17.6 Å². The summed E-state index contributed by atoms with van der Waals surface area (Å²) in [5, 5.41) is 9.90. The molecule has 0 aliphatic heterocycles. The first-order valence-corrected chi connectivity index (χ1v) is 10.8. The predicted octanol–water partition coefficient (Wildman–Crippen LogP) is 3.54. The average molecular weight is 469 g/mol. The molecule has 2 N–H and O–H groups in total. The van der Waals surface area contributed by atoms with Gasteiger partial charge in [0.15, 0.2) is 0 Å². The van der Waals surface area contributed by atoms with Gasteiger partial charge in [0.1, 0.15) is 5.82 Å². The number of carboxylic acids is 1. The zero-order valence-electron chi connectivity index (χ0n) is 14.7. The fourth-order valence-electron chi connectivity index (χ4n) is 3.02. The molecule has 0 atom stereocenters. The molecule has 0 aliphatic rings. The third-order valence-corrected chi connectivity index (χ3v) is 6.73. The highest BCUT2D eigenvalue weighted by Gasteiger charge is 2.18. The van der Waals surface area contributed by atoms with E-state index in [0.717, 1.165) is 33.2 Å². The monoisotopic (exact) mass is 468 g/mol. The molecule has 0 saturated heterocycles. The number of hydrogen-bond donors (Lipinski definition) is 2. The maximum absolute atomic E-state index is 13.0. The van der Waals surface area contributed by atoms with Crippen molar-refractivity contribution >= 4 is 42.8 Å². The lowest BCUT2D eigenvalue weighted by Crippen LogP contribution is -2.26. The summed E-state index contributed by atoms with van der Waals surface area (Å²) in [5.74, 6) is -1.39. The van der Waals surface area contributed by atoms with Gasteiger partial charge in [-0.15, -0.1) is 0 Å². The summed E-state index contributed by atoms with van der Waals surface area (Å²) in [6, 6.07) is 12.2. The van der Waals surface area contributed by atoms with Crippen molar-refractivity contribution in [2.24, 2.45) is 0 Å². The molecule has 0 bridgehead atoms. The summed E-state index contributed by atoms with van der Waals surface area (Å²) in [6.45, 7) is 0.447. The zero-order chi connectivity index (χ0) is 20.3. The van der Waals surface area contributed by atoms with Crippen molar-refractivity contribution in [3.8, 4) is 0 Å². The van der Waals surface area contributed by atoms with Crippen LogP contribution in [0.25, 0.3) is 10.9 Å². The van der Waals surface area contributed by atoms with E-state index in [4.69, 9.17) is 5.11 Å². The van der Waals surface area contributed by atoms with Gasteiger partial charge >= 0.3 is 5.97 Å². The fraction of sp³-hybridized carbons (Fsp3) is 0.211. The zero-order valence-corrected chi connectivity index (χ0v) is 17.1. The molecule has 0 unspecified atom stereocenters. The first-order valence-electron chi connectivity index (χ1n) is 8.52. The molecule has 2 aromatic carbocycles. The Labute approximate surface area is 170 Å². The number of fused-ring (bicyclic) bond motifs is 1. The molecule has 9 heteroatoms. The molecule has 0 radical (unpaired) electrons. The number of aromatic nitrogens is 1. The van der Waals surface area contributed by atoms with Gasteiger partial charge in [-0.05, 0) is 58.2 Å². The van der Waals surface area contributed by atoms with Crippen LogP contribution in [-0.2, 0) is 27.8 Å². The number of benzene rings is 2. The molecule has 0 fully saturated rings. The summed E-state index contributed by atoms with van der Waals surface area (Å²) in [4.78, 5) is 10.9. The van der Waals surface area contributed by atoms with E-state index in [1.54, 1.807) is 0 Å². The molecular formula is C19H18BrFN2O4S. The Morgan fingerprint density at radius 2 is 1.82 bits per heavy atom. The Morgan fingerprint density at radius 1 is 1.14 bits per heavy atom. The number of nitrogens with zero attached hydrogens (tertiary/aromatic N) is 1. The van der Waals surface area contributed by atoms with E-state index < -0.39 is 21.8 Å². The smallest absolute Gasteiger partial charge is 0.305 e. The quantitative estimate of drug-likeness (QED) is 0.529. The SMILES string of the molecule is O=C(O)CCn1c(Br)c(CCNS(=O)(=O)c2ccc(F)cc2)c2ccccc21. The lowest BCUT2D eigenvalue weighted by Gasteiger charge is -2.08. The highest BCUT2D eigenvalue weighted by atomic mass is 79.9. The van der Waals surface area contributed by atoms with Crippen molar-refractivity contribution in [1.29, 1.82) is 0 Å². The van der Waals surface area contributed by atoms with Crippen LogP contribution in [0.3, 0.4) is 0 Å². The maximum atomic E-state index is 13.0. The van der Waals surface area contributed by atoms with Crippen LogP contribution in [0.5, 0.6) is 0 Å². The number of carbonyl (C=O) groups is 1. The van der Waals surface area contributed by atoms with Crippen molar-refractivity contribution in [1.82, 2.24) is 9.29 Å². The molecule has 3 aromatic rings. The highest BCUT2D eigenvalue weighted by molar-refractivity contribution is 9.10. The van der Waals surface area contributed by atoms with Gasteiger partial charge in [0.05, 0.1) is 15.9 Å². The van der Waals surface area contributed by atoms with Crippen LogP contribution in [0.4, 0.5) is 4.39 Å². The molecule has 3 rings (SSSR count). The Morgan fingerprint density at radius 3 is 2.50 bits per heavy atom. The normalized spacial score (nSPS) is 11.8. The first-order chi connectivity index (χ1) is 13.3. The fourth-order valence-corrected chi connectivity index (χ4v) is 4.83. The number of para-hydroxylation sites is 1. The number of aliphatic carboxylic acids is 1. The van der Waals surface area contributed by atoms with Crippen LogP contribution < -0.4 is 4.72 Å². The van der Waals surface area contributed by atoms with Gasteiger partial charge in [0, 0.05) is 24.0 Å². The van der Waals surface area contributed by atoms with Crippen LogP contribution >= 0.6 is 15.9 Å². The summed E-state index contributed by atoms with van der Waals surface area (Å²) < 4.78 is 42.8. The standard InChI is InChI=1S/C19H18BrFN2O4S/c20-19-16(9-11-22-28(26,27)14-7-5-13(21)6-8-14)15-3-1-2-4-17(15)23(19)12-10-18(24)25/h1-8,22H,9-12H2,(H,24,25). The molecule has 0 amide bonds. The second-order valence-corrected chi connectivity index (χ2v) is 8.70. The average Bonchev–Trinajstić information content (AvgIpc) is 2.92. The van der Waals surface area contributed by atoms with Crippen molar-refractivity contribution in [2.75, 3.05) is 6.54 Å². The van der Waals surface area contributed by atoms with Gasteiger partial charge < -0.3 is 9.67 Å². The molecule has 148 valence electrons. The number of rotatable bonds is 8. The summed E-state index contributed by atoms with van der Waals surface area (Å²) in [7, 11) is -3.74. The Kier molecular flexibility index (Phi) is 6.17. The number of sulfonamides is 1. The number of aryl methyl sites for hydroxylation is 1. The van der Waals surface area contributed by atoms with Crippen LogP contribution in [0.2, 0.25) is 0 Å². The molecule has 28 heavy (non-hydrogen) atoms. The lowest BCUT2D eigenvalue weighted by atomic mass is 10.1. The number of carboxylic acid groups (broad SMARTS) is 1. The minimum atomic E-state index is -3.74. The van der Waals surface area contributed by atoms with Gasteiger partial charge in [-0.1, -0.05) is 18.2 Å². The number of hydrogen-bond acceptors (Lipinski definition) is 3. The van der Waals surface area contributed by atoms with E-state index in [1.165, 1.54) is 12.1 Å². The van der Waals surface area contributed by atoms with E-state index in [-0.39, 0.29) is 17.9 Å². The highest BCUT2D eigenvalue weighted by Crippen LogP contribution is 2.31. The summed E-state index contributed by atoms with van der Waals surface area (Å²) in [6.07, 6.45) is 0.384. The molecule has 1 aromatic heterocycles. The van der Waals surface area contributed by atoms with E-state index >= 15 is 0 Å². The third-order valence-electron chi connectivity index (χ3n) is 4.35. The Hall–Kier alpha value is -2.23. The topological polar surface area (TPSA) is 88.4 Å². The van der Waals surface area contributed by atoms with Crippen molar-refractivity contribution in [3.05, 3.63) is 64.5 Å². The maximum Gasteiger partial charge on any atom is 0.305 e. The van der Waals surface area contributed by atoms with E-state index in [0.29, 0.717) is 13.0 Å². The van der Waals surface area contributed by atoms with Crippen LogP contribution in [-0.4, -0.2) is 30.6 Å². The second-order valence-electron chi connectivity index (χ2n) is 6.18. The van der Waals surface area contributed by atoms with Crippen LogP contribution in [0.15, 0.2) is 58.0 Å². The van der Waals surface area contributed by atoms with Crippen LogP contribution in [0.1, 0.15) is 12.0 Å². The van der Waals surface area contributed by atoms with E-state index in [2.05, 4.69) is 20.7 Å². The molecule has 6 nitrogen and oxygen atoms in total. The molecule has 0 saturated carbocycles. The predicted molar refractivity (Wildman–Crippen MR) is 107 cm³/mol. The molecule has 1 heterocycles. The second kappa shape index (κ2) is 8.42. The minimum Gasteiger partial charge on any atom is -0.481 e. The third kappa shape index (κ3) is 4.43. The molecular weight excluding hydrogens is 451 g/mol.